The van der Waals surface area contributed by atoms with Gasteiger partial charge in [-0.2, -0.15) is 0 Å². The average molecular weight is 222 g/mol. The number of hydrogen-bond acceptors (Lipinski definition) is 2. The van der Waals surface area contributed by atoms with Gasteiger partial charge in [0.2, 0.25) is 0 Å². The number of nitrogens with one attached hydrogen (secondary N) is 1. The van der Waals surface area contributed by atoms with Gasteiger partial charge < -0.3 is 10.2 Å². The van der Waals surface area contributed by atoms with Gasteiger partial charge in [-0.15, -0.1) is 0 Å². The summed E-state index contributed by atoms with van der Waals surface area (Å²) in [5.41, 5.74) is 2.12. The molecule has 0 spiro atoms. The van der Waals surface area contributed by atoms with Crippen LogP contribution in [0.25, 0.3) is 0 Å². The van der Waals surface area contributed by atoms with E-state index >= 15 is 0 Å². The van der Waals surface area contributed by atoms with Crippen molar-refractivity contribution in [1.82, 2.24) is 5.32 Å². The van der Waals surface area contributed by atoms with Crippen molar-refractivity contribution in [1.29, 1.82) is 0 Å². The summed E-state index contributed by atoms with van der Waals surface area (Å²) >= 11 is 0. The third kappa shape index (κ3) is 2.53. The maximum Gasteiger partial charge on any atom is 0.125 e. The lowest BCUT2D eigenvalue weighted by atomic mass is 10.1. The van der Waals surface area contributed by atoms with E-state index in [2.05, 4.69) is 12.2 Å². The predicted molar refractivity (Wildman–Crippen MR) is 65.3 cm³/mol. The van der Waals surface area contributed by atoms with Crippen molar-refractivity contribution in [3.05, 3.63) is 29.6 Å². The monoisotopic (exact) mass is 222 g/mol. The van der Waals surface area contributed by atoms with Gasteiger partial charge in [0.05, 0.1) is 0 Å². The lowest BCUT2D eigenvalue weighted by molar-refractivity contribution is 0.567. The van der Waals surface area contributed by atoms with Crippen molar-refractivity contribution < 1.29 is 4.39 Å². The summed E-state index contributed by atoms with van der Waals surface area (Å²) in [6.45, 7) is 2.14. The molecule has 1 atom stereocenters. The molecular formula is C13H19FN2. The predicted octanol–water partition coefficient (Wildman–Crippen LogP) is 2.70. The molecule has 1 aliphatic carbocycles. The number of benzene rings is 1. The molecule has 0 saturated heterocycles. The van der Waals surface area contributed by atoms with Crippen molar-refractivity contribution >= 4 is 5.69 Å². The Bertz CT molecular complexity index is 372. The fourth-order valence-electron chi connectivity index (χ4n) is 1.96. The van der Waals surface area contributed by atoms with E-state index in [-0.39, 0.29) is 11.9 Å². The fraction of sp³-hybridized carbons (Fsp3) is 0.538. The minimum Gasteiger partial charge on any atom is -0.377 e. The van der Waals surface area contributed by atoms with Crippen LogP contribution in [0.15, 0.2) is 18.2 Å². The molecule has 0 aliphatic heterocycles. The zero-order valence-corrected chi connectivity index (χ0v) is 10.1. The quantitative estimate of drug-likeness (QED) is 0.842. The van der Waals surface area contributed by atoms with Crippen molar-refractivity contribution in [2.45, 2.75) is 31.8 Å². The SMILES string of the molecule is CC(NC1CC1)c1ccc(F)cc1N(C)C. The minimum absolute atomic E-state index is 0.175. The second-order valence-electron chi connectivity index (χ2n) is 4.76. The molecule has 1 fully saturated rings. The number of halogens is 1. The first-order valence-electron chi connectivity index (χ1n) is 5.80. The van der Waals surface area contributed by atoms with Gasteiger partial charge in [-0.25, -0.2) is 4.39 Å². The van der Waals surface area contributed by atoms with Gasteiger partial charge in [0.1, 0.15) is 5.82 Å². The Balaban J connectivity index is 2.23. The number of rotatable bonds is 4. The molecule has 1 aromatic rings. The molecule has 1 aliphatic rings. The third-order valence-corrected chi connectivity index (χ3v) is 3.00. The standard InChI is InChI=1S/C13H19FN2/c1-9(15-11-5-6-11)12-7-4-10(14)8-13(12)16(2)3/h4,7-9,11,15H,5-6H2,1-3H3. The molecule has 0 bridgehead atoms. The van der Waals surface area contributed by atoms with E-state index in [4.69, 9.17) is 0 Å². The molecule has 2 nitrogen and oxygen atoms in total. The normalized spacial score (nSPS) is 17.2. The molecule has 1 saturated carbocycles. The third-order valence-electron chi connectivity index (χ3n) is 3.00. The van der Waals surface area contributed by atoms with Gasteiger partial charge in [-0.1, -0.05) is 6.07 Å². The Hall–Kier alpha value is -1.09. The van der Waals surface area contributed by atoms with E-state index in [1.165, 1.54) is 24.5 Å². The first-order valence-corrected chi connectivity index (χ1v) is 5.80. The highest BCUT2D eigenvalue weighted by Gasteiger charge is 2.24. The van der Waals surface area contributed by atoms with Crippen LogP contribution in [0.5, 0.6) is 0 Å². The fourth-order valence-corrected chi connectivity index (χ4v) is 1.96. The molecule has 0 amide bonds. The van der Waals surface area contributed by atoms with Crippen LogP contribution < -0.4 is 10.2 Å². The first kappa shape index (κ1) is 11.4. The van der Waals surface area contributed by atoms with Crippen LogP contribution in [0.3, 0.4) is 0 Å². The molecule has 0 aromatic heterocycles. The van der Waals surface area contributed by atoms with Gasteiger partial charge in [-0.05, 0) is 37.5 Å². The Morgan fingerprint density at radius 1 is 1.38 bits per heavy atom. The summed E-state index contributed by atoms with van der Waals surface area (Å²) in [4.78, 5) is 1.96. The maximum atomic E-state index is 13.2. The van der Waals surface area contributed by atoms with E-state index in [0.717, 1.165) is 5.69 Å². The second kappa shape index (κ2) is 4.42. The van der Waals surface area contributed by atoms with Crippen LogP contribution in [0, 0.1) is 5.82 Å². The highest BCUT2D eigenvalue weighted by atomic mass is 19.1. The Kier molecular flexibility index (Phi) is 3.15. The molecule has 3 heteroatoms. The van der Waals surface area contributed by atoms with Crippen LogP contribution in [0.2, 0.25) is 0 Å². The number of anilines is 1. The van der Waals surface area contributed by atoms with E-state index in [9.17, 15) is 4.39 Å². The van der Waals surface area contributed by atoms with E-state index in [1.54, 1.807) is 6.07 Å². The van der Waals surface area contributed by atoms with E-state index < -0.39 is 0 Å². The zero-order chi connectivity index (χ0) is 11.7. The average Bonchev–Trinajstić information content (AvgIpc) is 3.01. The zero-order valence-electron chi connectivity index (χ0n) is 10.1. The lowest BCUT2D eigenvalue weighted by Crippen LogP contribution is -2.23. The van der Waals surface area contributed by atoms with Crippen molar-refractivity contribution in [2.24, 2.45) is 0 Å². The topological polar surface area (TPSA) is 15.3 Å². The highest BCUT2D eigenvalue weighted by Crippen LogP contribution is 2.29. The van der Waals surface area contributed by atoms with Crippen molar-refractivity contribution in [3.63, 3.8) is 0 Å². The molecule has 1 N–H and O–H groups in total. The van der Waals surface area contributed by atoms with Crippen LogP contribution in [0.1, 0.15) is 31.4 Å². The molecule has 0 radical (unpaired) electrons. The van der Waals surface area contributed by atoms with Crippen LogP contribution in [0.4, 0.5) is 10.1 Å². The Labute approximate surface area is 96.5 Å². The minimum atomic E-state index is -0.175. The van der Waals surface area contributed by atoms with Crippen molar-refractivity contribution in [3.8, 4) is 0 Å². The van der Waals surface area contributed by atoms with Gasteiger partial charge in [0.25, 0.3) is 0 Å². The maximum absolute atomic E-state index is 13.2. The molecule has 88 valence electrons. The molecule has 1 unspecified atom stereocenters. The molecule has 0 heterocycles. The van der Waals surface area contributed by atoms with Gasteiger partial charge in [0, 0.05) is 31.9 Å². The molecule has 16 heavy (non-hydrogen) atoms. The second-order valence-corrected chi connectivity index (χ2v) is 4.76. The largest absolute Gasteiger partial charge is 0.377 e. The number of nitrogens with zero attached hydrogens (tertiary/aromatic N) is 1. The van der Waals surface area contributed by atoms with Gasteiger partial charge in [0.15, 0.2) is 0 Å². The summed E-state index contributed by atoms with van der Waals surface area (Å²) in [5.74, 6) is -0.175. The van der Waals surface area contributed by atoms with E-state index in [1.807, 2.05) is 25.1 Å². The summed E-state index contributed by atoms with van der Waals surface area (Å²) < 4.78 is 13.2. The van der Waals surface area contributed by atoms with Crippen molar-refractivity contribution in [2.75, 3.05) is 19.0 Å². The lowest BCUT2D eigenvalue weighted by Gasteiger charge is -2.22. The van der Waals surface area contributed by atoms with Crippen LogP contribution in [-0.4, -0.2) is 20.1 Å². The van der Waals surface area contributed by atoms with Crippen LogP contribution in [-0.2, 0) is 0 Å². The van der Waals surface area contributed by atoms with Gasteiger partial charge in [-0.3, -0.25) is 0 Å². The summed E-state index contributed by atoms with van der Waals surface area (Å²) in [7, 11) is 3.89. The summed E-state index contributed by atoms with van der Waals surface area (Å²) in [6.07, 6.45) is 2.53. The Morgan fingerprint density at radius 2 is 2.06 bits per heavy atom. The summed E-state index contributed by atoms with van der Waals surface area (Å²) in [6, 6.07) is 5.96. The molecule has 2 rings (SSSR count). The smallest absolute Gasteiger partial charge is 0.125 e. The molecule has 1 aromatic carbocycles. The number of hydrogen-bond donors (Lipinski definition) is 1. The first-order chi connectivity index (χ1) is 7.58. The van der Waals surface area contributed by atoms with E-state index in [0.29, 0.717) is 6.04 Å². The molecular weight excluding hydrogens is 203 g/mol. The highest BCUT2D eigenvalue weighted by molar-refractivity contribution is 5.54. The summed E-state index contributed by atoms with van der Waals surface area (Å²) in [5, 5.41) is 3.54. The van der Waals surface area contributed by atoms with Crippen LogP contribution >= 0.6 is 0 Å². The Morgan fingerprint density at radius 3 is 2.62 bits per heavy atom. The van der Waals surface area contributed by atoms with Gasteiger partial charge >= 0.3 is 0 Å².